The Morgan fingerprint density at radius 2 is 1.95 bits per heavy atom. The van der Waals surface area contributed by atoms with Crippen LogP contribution in [0.3, 0.4) is 0 Å². The fourth-order valence-corrected chi connectivity index (χ4v) is 2.88. The van der Waals surface area contributed by atoms with Gasteiger partial charge in [-0.2, -0.15) is 0 Å². The number of hydrogen-bond acceptors (Lipinski definition) is 3. The Bertz CT molecular complexity index is 373. The van der Waals surface area contributed by atoms with Gasteiger partial charge in [-0.3, -0.25) is 4.90 Å². The minimum absolute atomic E-state index is 0.332. The second-order valence-corrected chi connectivity index (χ2v) is 5.21. The highest BCUT2D eigenvalue weighted by atomic mass is 16.5. The van der Waals surface area contributed by atoms with Crippen molar-refractivity contribution in [2.45, 2.75) is 38.6 Å². The third-order valence-electron chi connectivity index (χ3n) is 3.86. The summed E-state index contributed by atoms with van der Waals surface area (Å²) >= 11 is 0. The molecule has 1 heterocycles. The monoisotopic (exact) mass is 262 g/mol. The predicted octanol–water partition coefficient (Wildman–Crippen LogP) is 2.96. The molecule has 1 saturated heterocycles. The standard InChI is InChI=1S/C16H26N2O/c1-2-19-15-9-7-8-14(12-15)16(13-17)18-10-5-3-4-6-11-18/h7-9,12,16H,2-6,10-11,13,17H2,1H3. The Labute approximate surface area is 116 Å². The van der Waals surface area contributed by atoms with E-state index in [9.17, 15) is 0 Å². The smallest absolute Gasteiger partial charge is 0.119 e. The summed E-state index contributed by atoms with van der Waals surface area (Å²) < 4.78 is 5.59. The largest absolute Gasteiger partial charge is 0.494 e. The first-order chi connectivity index (χ1) is 9.35. The number of nitrogens with two attached hydrogens (primary N) is 1. The molecule has 1 aliphatic heterocycles. The van der Waals surface area contributed by atoms with Crippen molar-refractivity contribution in [3.63, 3.8) is 0 Å². The molecular formula is C16H26N2O. The number of rotatable bonds is 5. The molecule has 2 N–H and O–H groups in total. The van der Waals surface area contributed by atoms with Gasteiger partial charge >= 0.3 is 0 Å². The van der Waals surface area contributed by atoms with Gasteiger partial charge in [0.2, 0.25) is 0 Å². The van der Waals surface area contributed by atoms with E-state index in [4.69, 9.17) is 10.5 Å². The minimum Gasteiger partial charge on any atom is -0.494 e. The molecule has 3 heteroatoms. The SMILES string of the molecule is CCOc1cccc(C(CN)N2CCCCCC2)c1. The summed E-state index contributed by atoms with van der Waals surface area (Å²) in [4.78, 5) is 2.54. The molecule has 1 aromatic carbocycles. The maximum atomic E-state index is 6.03. The van der Waals surface area contributed by atoms with Gasteiger partial charge in [-0.25, -0.2) is 0 Å². The van der Waals surface area contributed by atoms with Crippen LogP contribution in [-0.2, 0) is 0 Å². The zero-order valence-electron chi connectivity index (χ0n) is 12.0. The van der Waals surface area contributed by atoms with Crippen molar-refractivity contribution in [1.82, 2.24) is 4.90 Å². The maximum absolute atomic E-state index is 6.03. The van der Waals surface area contributed by atoms with Gasteiger partial charge in [0.25, 0.3) is 0 Å². The molecule has 0 aliphatic carbocycles. The molecule has 1 unspecified atom stereocenters. The summed E-state index contributed by atoms with van der Waals surface area (Å²) in [6, 6.07) is 8.74. The van der Waals surface area contributed by atoms with Gasteiger partial charge in [0, 0.05) is 12.6 Å². The summed E-state index contributed by atoms with van der Waals surface area (Å²) in [5.74, 6) is 0.952. The average molecular weight is 262 g/mol. The van der Waals surface area contributed by atoms with Crippen LogP contribution in [0.15, 0.2) is 24.3 Å². The molecule has 0 spiro atoms. The van der Waals surface area contributed by atoms with Crippen molar-refractivity contribution in [1.29, 1.82) is 0 Å². The van der Waals surface area contributed by atoms with Gasteiger partial charge in [0.05, 0.1) is 6.61 Å². The molecule has 0 bridgehead atoms. The second kappa shape index (κ2) is 7.51. The maximum Gasteiger partial charge on any atom is 0.119 e. The Morgan fingerprint density at radius 1 is 1.21 bits per heavy atom. The first-order valence-electron chi connectivity index (χ1n) is 7.52. The van der Waals surface area contributed by atoms with Crippen molar-refractivity contribution < 1.29 is 4.74 Å². The zero-order valence-corrected chi connectivity index (χ0v) is 12.0. The van der Waals surface area contributed by atoms with Gasteiger partial charge in [0.1, 0.15) is 5.75 Å². The Kier molecular flexibility index (Phi) is 5.67. The number of nitrogens with zero attached hydrogens (tertiary/aromatic N) is 1. The number of ether oxygens (including phenoxy) is 1. The van der Waals surface area contributed by atoms with Crippen molar-refractivity contribution in [2.75, 3.05) is 26.2 Å². The van der Waals surface area contributed by atoms with Gasteiger partial charge in [-0.15, -0.1) is 0 Å². The number of likely N-dealkylation sites (tertiary alicyclic amines) is 1. The third kappa shape index (κ3) is 3.95. The van der Waals surface area contributed by atoms with Gasteiger partial charge < -0.3 is 10.5 Å². The van der Waals surface area contributed by atoms with Crippen LogP contribution in [0.5, 0.6) is 5.75 Å². The van der Waals surface area contributed by atoms with Crippen molar-refractivity contribution in [3.8, 4) is 5.75 Å². The lowest BCUT2D eigenvalue weighted by molar-refractivity contribution is 0.209. The van der Waals surface area contributed by atoms with Crippen LogP contribution >= 0.6 is 0 Å². The normalized spacial score (nSPS) is 18.8. The number of benzene rings is 1. The van der Waals surface area contributed by atoms with E-state index in [-0.39, 0.29) is 0 Å². The zero-order chi connectivity index (χ0) is 13.5. The average Bonchev–Trinajstić information content (AvgIpc) is 2.70. The molecule has 0 aromatic heterocycles. The topological polar surface area (TPSA) is 38.5 Å². The first-order valence-corrected chi connectivity index (χ1v) is 7.52. The lowest BCUT2D eigenvalue weighted by Crippen LogP contribution is -2.34. The summed E-state index contributed by atoms with van der Waals surface area (Å²) in [5.41, 5.74) is 7.32. The summed E-state index contributed by atoms with van der Waals surface area (Å²) in [5, 5.41) is 0. The Morgan fingerprint density at radius 3 is 2.58 bits per heavy atom. The van der Waals surface area contributed by atoms with Gasteiger partial charge in [0.15, 0.2) is 0 Å². The van der Waals surface area contributed by atoms with Crippen LogP contribution in [0.1, 0.15) is 44.2 Å². The molecule has 1 aliphatic rings. The van der Waals surface area contributed by atoms with E-state index < -0.39 is 0 Å². The van der Waals surface area contributed by atoms with Crippen LogP contribution in [0.25, 0.3) is 0 Å². The quantitative estimate of drug-likeness (QED) is 0.886. The van der Waals surface area contributed by atoms with Crippen LogP contribution < -0.4 is 10.5 Å². The van der Waals surface area contributed by atoms with Crippen LogP contribution in [0.2, 0.25) is 0 Å². The van der Waals surface area contributed by atoms with Gasteiger partial charge in [-0.05, 0) is 50.6 Å². The lowest BCUT2D eigenvalue weighted by Gasteiger charge is -2.30. The highest BCUT2D eigenvalue weighted by Crippen LogP contribution is 2.26. The fourth-order valence-electron chi connectivity index (χ4n) is 2.88. The molecule has 1 atom stereocenters. The van der Waals surface area contributed by atoms with E-state index in [1.54, 1.807) is 0 Å². The van der Waals surface area contributed by atoms with E-state index in [0.717, 1.165) is 5.75 Å². The predicted molar refractivity (Wildman–Crippen MR) is 79.4 cm³/mol. The number of hydrogen-bond donors (Lipinski definition) is 1. The van der Waals surface area contributed by atoms with Crippen molar-refractivity contribution in [3.05, 3.63) is 29.8 Å². The first kappa shape index (κ1) is 14.4. The molecule has 2 rings (SSSR count). The van der Waals surface area contributed by atoms with E-state index in [0.29, 0.717) is 19.2 Å². The Hall–Kier alpha value is -1.06. The molecule has 3 nitrogen and oxygen atoms in total. The molecular weight excluding hydrogens is 236 g/mol. The van der Waals surface area contributed by atoms with Crippen LogP contribution in [0, 0.1) is 0 Å². The van der Waals surface area contributed by atoms with Crippen molar-refractivity contribution in [2.24, 2.45) is 5.73 Å². The minimum atomic E-state index is 0.332. The van der Waals surface area contributed by atoms with Crippen LogP contribution in [0.4, 0.5) is 0 Å². The summed E-state index contributed by atoms with van der Waals surface area (Å²) in [6.45, 7) is 5.74. The van der Waals surface area contributed by atoms with E-state index in [2.05, 4.69) is 23.1 Å². The molecule has 0 saturated carbocycles. The molecule has 1 fully saturated rings. The lowest BCUT2D eigenvalue weighted by atomic mass is 10.0. The second-order valence-electron chi connectivity index (χ2n) is 5.21. The summed E-state index contributed by atoms with van der Waals surface area (Å²) in [6.07, 6.45) is 5.29. The molecule has 106 valence electrons. The fraction of sp³-hybridized carbons (Fsp3) is 0.625. The van der Waals surface area contributed by atoms with Crippen LogP contribution in [-0.4, -0.2) is 31.1 Å². The van der Waals surface area contributed by atoms with Crippen molar-refractivity contribution >= 4 is 0 Å². The highest BCUT2D eigenvalue weighted by Gasteiger charge is 2.20. The third-order valence-corrected chi connectivity index (χ3v) is 3.86. The van der Waals surface area contributed by atoms with E-state index in [1.165, 1.54) is 44.3 Å². The van der Waals surface area contributed by atoms with Gasteiger partial charge in [-0.1, -0.05) is 25.0 Å². The molecule has 1 aromatic rings. The molecule has 0 radical (unpaired) electrons. The summed E-state index contributed by atoms with van der Waals surface area (Å²) in [7, 11) is 0. The molecule has 19 heavy (non-hydrogen) atoms. The molecule has 0 amide bonds. The van der Waals surface area contributed by atoms with E-state index in [1.807, 2.05) is 13.0 Å². The Balaban J connectivity index is 2.13. The van der Waals surface area contributed by atoms with E-state index >= 15 is 0 Å². The highest BCUT2D eigenvalue weighted by molar-refractivity contribution is 5.31.